The average Bonchev–Trinajstić information content (AvgIpc) is 2.98. The number of nitrogens with one attached hydrogen (secondary N) is 1. The van der Waals surface area contributed by atoms with Gasteiger partial charge in [0.1, 0.15) is 11.3 Å². The first-order chi connectivity index (χ1) is 15.1. The van der Waals surface area contributed by atoms with Crippen LogP contribution in [0.25, 0.3) is 11.0 Å². The van der Waals surface area contributed by atoms with Crippen LogP contribution in [0.15, 0.2) is 27.4 Å². The fourth-order valence-electron chi connectivity index (χ4n) is 3.51. The quantitative estimate of drug-likeness (QED) is 0.443. The van der Waals surface area contributed by atoms with E-state index in [1.54, 1.807) is 37.7 Å². The number of amides is 1. The monoisotopic (exact) mass is 441 g/mol. The summed E-state index contributed by atoms with van der Waals surface area (Å²) in [7, 11) is 3.32. The number of benzene rings is 1. The molecule has 0 spiro atoms. The van der Waals surface area contributed by atoms with Crippen LogP contribution >= 0.6 is 0 Å². The van der Waals surface area contributed by atoms with Gasteiger partial charge in [-0.25, -0.2) is 4.79 Å². The molecule has 0 bridgehead atoms. The largest absolute Gasteiger partial charge is 0.497 e. The van der Waals surface area contributed by atoms with E-state index in [0.29, 0.717) is 28.3 Å². The standard InChI is InChI=1S/C23H27N3O6/c1-12-17-8-7-16(30-6)11-19(17)32-23(29)18(12)9-10-20(27)31-15(4)22(28)24-21-13(2)25-26(5)14(21)3/h7-8,11,15H,9-10H2,1-6H3,(H,24,28). The Morgan fingerprint density at radius 2 is 1.97 bits per heavy atom. The summed E-state index contributed by atoms with van der Waals surface area (Å²) in [5, 5.41) is 7.76. The third-order valence-corrected chi connectivity index (χ3v) is 5.51. The van der Waals surface area contributed by atoms with Crippen LogP contribution in [-0.4, -0.2) is 34.9 Å². The highest BCUT2D eigenvalue weighted by atomic mass is 16.5. The third kappa shape index (κ3) is 4.66. The molecule has 0 aliphatic carbocycles. The van der Waals surface area contributed by atoms with Gasteiger partial charge < -0.3 is 19.2 Å². The molecule has 3 aromatic rings. The molecule has 0 saturated heterocycles. The van der Waals surface area contributed by atoms with Gasteiger partial charge in [-0.1, -0.05) is 0 Å². The minimum atomic E-state index is -0.997. The smallest absolute Gasteiger partial charge is 0.339 e. The Bertz CT molecular complexity index is 1240. The van der Waals surface area contributed by atoms with E-state index in [4.69, 9.17) is 13.9 Å². The Morgan fingerprint density at radius 3 is 2.59 bits per heavy atom. The molecular weight excluding hydrogens is 414 g/mol. The molecule has 1 unspecified atom stereocenters. The molecule has 170 valence electrons. The highest BCUT2D eigenvalue weighted by Gasteiger charge is 2.21. The predicted octanol–water partition coefficient (Wildman–Crippen LogP) is 2.96. The number of anilines is 1. The predicted molar refractivity (Wildman–Crippen MR) is 119 cm³/mol. The van der Waals surface area contributed by atoms with Crippen molar-refractivity contribution >= 4 is 28.5 Å². The highest BCUT2D eigenvalue weighted by Crippen LogP contribution is 2.24. The molecule has 2 aromatic heterocycles. The topological polar surface area (TPSA) is 113 Å². The summed E-state index contributed by atoms with van der Waals surface area (Å²) in [6.07, 6.45) is -0.914. The summed E-state index contributed by atoms with van der Waals surface area (Å²) >= 11 is 0. The number of carbonyl (C=O) groups excluding carboxylic acids is 2. The lowest BCUT2D eigenvalue weighted by Crippen LogP contribution is -2.30. The van der Waals surface area contributed by atoms with Gasteiger partial charge >= 0.3 is 11.6 Å². The van der Waals surface area contributed by atoms with Gasteiger partial charge in [-0.15, -0.1) is 0 Å². The number of fused-ring (bicyclic) bond motifs is 1. The normalized spacial score (nSPS) is 11.9. The molecule has 1 aromatic carbocycles. The third-order valence-electron chi connectivity index (χ3n) is 5.51. The van der Waals surface area contributed by atoms with Crippen molar-refractivity contribution in [1.29, 1.82) is 0 Å². The number of nitrogens with zero attached hydrogens (tertiary/aromatic N) is 2. The van der Waals surface area contributed by atoms with Crippen molar-refractivity contribution in [3.05, 3.63) is 51.1 Å². The molecule has 0 saturated carbocycles. The molecule has 3 rings (SSSR count). The van der Waals surface area contributed by atoms with Crippen molar-refractivity contribution in [3.8, 4) is 5.75 Å². The number of methoxy groups -OCH3 is 1. The van der Waals surface area contributed by atoms with Crippen LogP contribution in [0.1, 0.15) is 35.9 Å². The fraction of sp³-hybridized carbons (Fsp3) is 0.391. The van der Waals surface area contributed by atoms with Crippen LogP contribution in [-0.2, 0) is 27.8 Å². The Morgan fingerprint density at radius 1 is 1.25 bits per heavy atom. The second-order valence-electron chi connectivity index (χ2n) is 7.65. The number of carbonyl (C=O) groups is 2. The number of hydrogen-bond acceptors (Lipinski definition) is 7. The Hall–Kier alpha value is -3.62. The lowest BCUT2D eigenvalue weighted by Gasteiger charge is -2.14. The van der Waals surface area contributed by atoms with Crippen molar-refractivity contribution < 1.29 is 23.5 Å². The van der Waals surface area contributed by atoms with E-state index in [1.165, 1.54) is 14.0 Å². The van der Waals surface area contributed by atoms with E-state index in [9.17, 15) is 14.4 Å². The van der Waals surface area contributed by atoms with Crippen molar-refractivity contribution in [2.24, 2.45) is 7.05 Å². The summed E-state index contributed by atoms with van der Waals surface area (Å²) < 4.78 is 17.5. The van der Waals surface area contributed by atoms with Crippen molar-refractivity contribution in [1.82, 2.24) is 9.78 Å². The van der Waals surface area contributed by atoms with Gasteiger partial charge in [0.05, 0.1) is 24.2 Å². The van der Waals surface area contributed by atoms with E-state index in [0.717, 1.165) is 16.6 Å². The first-order valence-corrected chi connectivity index (χ1v) is 10.2. The van der Waals surface area contributed by atoms with Crippen LogP contribution in [0.5, 0.6) is 5.75 Å². The van der Waals surface area contributed by atoms with Crippen LogP contribution in [0.3, 0.4) is 0 Å². The van der Waals surface area contributed by atoms with Gasteiger partial charge in [0.2, 0.25) is 0 Å². The molecule has 9 nitrogen and oxygen atoms in total. The lowest BCUT2D eigenvalue weighted by molar-refractivity contribution is -0.153. The van der Waals surface area contributed by atoms with E-state index in [-0.39, 0.29) is 12.8 Å². The highest BCUT2D eigenvalue weighted by molar-refractivity contribution is 5.96. The van der Waals surface area contributed by atoms with Crippen molar-refractivity contribution in [2.45, 2.75) is 46.6 Å². The maximum absolute atomic E-state index is 12.4. The van der Waals surface area contributed by atoms with Gasteiger partial charge in [0.15, 0.2) is 6.10 Å². The molecule has 1 amide bonds. The molecular formula is C23H27N3O6. The summed E-state index contributed by atoms with van der Waals surface area (Å²) in [4.78, 5) is 37.2. The van der Waals surface area contributed by atoms with Crippen molar-refractivity contribution in [3.63, 3.8) is 0 Å². The Labute approximate surface area is 185 Å². The summed E-state index contributed by atoms with van der Waals surface area (Å²) in [5.41, 5.74) is 3.12. The molecule has 9 heteroatoms. The van der Waals surface area contributed by atoms with Gasteiger partial charge in [-0.3, -0.25) is 14.3 Å². The van der Waals surface area contributed by atoms with Gasteiger partial charge in [0, 0.05) is 30.5 Å². The first-order valence-electron chi connectivity index (χ1n) is 10.2. The minimum Gasteiger partial charge on any atom is -0.497 e. The van der Waals surface area contributed by atoms with Gasteiger partial charge in [0.25, 0.3) is 5.91 Å². The van der Waals surface area contributed by atoms with Gasteiger partial charge in [-0.2, -0.15) is 5.10 Å². The number of aromatic nitrogens is 2. The maximum Gasteiger partial charge on any atom is 0.339 e. The number of esters is 1. The number of rotatable bonds is 7. The Kier molecular flexibility index (Phi) is 6.67. The summed E-state index contributed by atoms with van der Waals surface area (Å²) in [6.45, 7) is 6.92. The Balaban J connectivity index is 1.64. The van der Waals surface area contributed by atoms with Crippen LogP contribution in [0.4, 0.5) is 5.69 Å². The number of aryl methyl sites for hydroxylation is 3. The second-order valence-corrected chi connectivity index (χ2v) is 7.65. The second kappa shape index (κ2) is 9.25. The summed E-state index contributed by atoms with van der Waals surface area (Å²) in [5.74, 6) is -0.450. The molecule has 1 atom stereocenters. The van der Waals surface area contributed by atoms with Crippen LogP contribution in [0, 0.1) is 20.8 Å². The van der Waals surface area contributed by atoms with E-state index < -0.39 is 23.6 Å². The SMILES string of the molecule is COc1ccc2c(C)c(CCC(=O)OC(C)C(=O)Nc3c(C)nn(C)c3C)c(=O)oc2c1. The molecule has 0 aliphatic rings. The van der Waals surface area contributed by atoms with Gasteiger partial charge in [-0.05, 0) is 51.8 Å². The van der Waals surface area contributed by atoms with Crippen molar-refractivity contribution in [2.75, 3.05) is 12.4 Å². The zero-order valence-electron chi connectivity index (χ0n) is 19.1. The lowest BCUT2D eigenvalue weighted by atomic mass is 10.0. The molecule has 2 heterocycles. The molecule has 0 aliphatic heterocycles. The summed E-state index contributed by atoms with van der Waals surface area (Å²) in [6, 6.07) is 5.23. The minimum absolute atomic E-state index is 0.0597. The molecule has 0 fully saturated rings. The zero-order valence-corrected chi connectivity index (χ0v) is 19.1. The van der Waals surface area contributed by atoms with Crippen LogP contribution in [0.2, 0.25) is 0 Å². The van der Waals surface area contributed by atoms with E-state index in [2.05, 4.69) is 10.4 Å². The number of ether oxygens (including phenoxy) is 2. The zero-order chi connectivity index (χ0) is 23.6. The number of hydrogen-bond donors (Lipinski definition) is 1. The van der Waals surface area contributed by atoms with E-state index in [1.807, 2.05) is 13.0 Å². The maximum atomic E-state index is 12.4. The average molecular weight is 441 g/mol. The van der Waals surface area contributed by atoms with E-state index >= 15 is 0 Å². The van der Waals surface area contributed by atoms with Crippen LogP contribution < -0.4 is 15.7 Å². The fourth-order valence-corrected chi connectivity index (χ4v) is 3.51. The molecule has 1 N–H and O–H groups in total. The molecule has 0 radical (unpaired) electrons. The molecule has 32 heavy (non-hydrogen) atoms. The first kappa shape index (κ1) is 23.1.